The third kappa shape index (κ3) is 5.20. The van der Waals surface area contributed by atoms with Crippen LogP contribution in [0.15, 0.2) is 267 Å². The molecular formula is C68H44. The van der Waals surface area contributed by atoms with Crippen molar-refractivity contribution in [1.82, 2.24) is 0 Å². The predicted molar refractivity (Wildman–Crippen MR) is 284 cm³/mol. The summed E-state index contributed by atoms with van der Waals surface area (Å²) in [5.41, 5.74) is 19.4. The van der Waals surface area contributed by atoms with Crippen LogP contribution in [0, 0.1) is 0 Å². The monoisotopic (exact) mass is 860 g/mol. The molecule has 0 spiro atoms. The van der Waals surface area contributed by atoms with Crippen LogP contribution in [0.3, 0.4) is 0 Å². The Morgan fingerprint density at radius 2 is 0.426 bits per heavy atom. The van der Waals surface area contributed by atoms with E-state index in [1.54, 1.807) is 0 Å². The summed E-state index contributed by atoms with van der Waals surface area (Å²) in [5, 5.41) is 7.65. The molecule has 12 aromatic rings. The third-order valence-corrected chi connectivity index (χ3v) is 15.5. The van der Waals surface area contributed by atoms with Gasteiger partial charge in [-0.05, 0) is 121 Å². The Bertz CT molecular complexity index is 3600. The summed E-state index contributed by atoms with van der Waals surface area (Å²) in [6.45, 7) is 0. The summed E-state index contributed by atoms with van der Waals surface area (Å²) in [5.74, 6) is 0. The van der Waals surface area contributed by atoms with Gasteiger partial charge in [-0.2, -0.15) is 0 Å². The van der Waals surface area contributed by atoms with E-state index in [0.717, 1.165) is 0 Å². The van der Waals surface area contributed by atoms with Crippen LogP contribution in [0.4, 0.5) is 0 Å². The molecule has 0 N–H and O–H groups in total. The van der Waals surface area contributed by atoms with E-state index in [1.165, 1.54) is 121 Å². The van der Waals surface area contributed by atoms with Crippen molar-refractivity contribution in [3.63, 3.8) is 0 Å². The van der Waals surface area contributed by atoms with Gasteiger partial charge in [0, 0.05) is 0 Å². The van der Waals surface area contributed by atoms with E-state index in [2.05, 4.69) is 267 Å². The molecule has 0 amide bonds. The molecule has 0 saturated carbocycles. The van der Waals surface area contributed by atoms with E-state index < -0.39 is 10.8 Å². The summed E-state index contributed by atoms with van der Waals surface area (Å²) in [7, 11) is 0. The molecule has 0 atom stereocenters. The lowest BCUT2D eigenvalue weighted by Crippen LogP contribution is -2.33. The van der Waals surface area contributed by atoms with Gasteiger partial charge in [0.25, 0.3) is 0 Å². The second kappa shape index (κ2) is 15.0. The van der Waals surface area contributed by atoms with Crippen molar-refractivity contribution in [3.8, 4) is 44.5 Å². The normalized spacial score (nSPS) is 13.8. The molecule has 0 heteroatoms. The second-order valence-electron chi connectivity index (χ2n) is 18.5. The summed E-state index contributed by atoms with van der Waals surface area (Å²) in [6.07, 6.45) is 0. The largest absolute Gasteiger partial charge is 0.0713 e. The van der Waals surface area contributed by atoms with Crippen LogP contribution in [-0.4, -0.2) is 0 Å². The Labute approximate surface area is 397 Å². The van der Waals surface area contributed by atoms with E-state index in [9.17, 15) is 0 Å². The SMILES string of the molecule is c1ccc(C2(c3ccccc3)c3ccccc3-c3ccc(-c4ccc(-c5ccc6c7c(cccc57)C(c5ccccc5)(c5ccccc5)c5ccccc5-6)c5ccccc45)c4cccc2c34)cc1. The maximum atomic E-state index is 2.39. The fourth-order valence-corrected chi connectivity index (χ4v) is 12.8. The van der Waals surface area contributed by atoms with Crippen molar-refractivity contribution in [1.29, 1.82) is 0 Å². The summed E-state index contributed by atoms with van der Waals surface area (Å²) in [6, 6.07) is 100. The highest BCUT2D eigenvalue weighted by atomic mass is 14.5. The number of hydrogen-bond donors (Lipinski definition) is 0. The van der Waals surface area contributed by atoms with E-state index in [1.807, 2.05) is 0 Å². The lowest BCUT2D eigenvalue weighted by atomic mass is 9.59. The van der Waals surface area contributed by atoms with Gasteiger partial charge in [-0.15, -0.1) is 0 Å². The van der Waals surface area contributed by atoms with Crippen LogP contribution in [0.2, 0.25) is 0 Å². The second-order valence-corrected chi connectivity index (χ2v) is 18.5. The Morgan fingerprint density at radius 1 is 0.162 bits per heavy atom. The molecule has 0 radical (unpaired) electrons. The zero-order valence-corrected chi connectivity index (χ0v) is 37.4. The van der Waals surface area contributed by atoms with Crippen molar-refractivity contribution in [2.24, 2.45) is 0 Å². The summed E-state index contributed by atoms with van der Waals surface area (Å²) in [4.78, 5) is 0. The average Bonchev–Trinajstić information content (AvgIpc) is 3.42. The van der Waals surface area contributed by atoms with Crippen molar-refractivity contribution in [3.05, 3.63) is 311 Å². The van der Waals surface area contributed by atoms with Crippen molar-refractivity contribution in [2.75, 3.05) is 0 Å². The highest BCUT2D eigenvalue weighted by Crippen LogP contribution is 2.58. The maximum Gasteiger partial charge on any atom is 0.0713 e. The van der Waals surface area contributed by atoms with E-state index in [-0.39, 0.29) is 0 Å². The standard InChI is InChI=1S/C68H44/c1-5-21-45(22-6-1)67(46-23-7-2-8-24-46)61-35-17-15-31-55(61)59-43-41-53(57-33-19-37-63(67)65(57)59)51-39-40-52(50-30-14-13-29-49(50)51)54-42-44-60-56-32-16-18-36-62(56)68(47-25-9-3-10-26-47,48-27-11-4-12-28-48)64-38-20-34-58(54)66(60)64/h1-44H. The lowest BCUT2D eigenvalue weighted by Gasteiger charge is -2.42. The molecule has 0 fully saturated rings. The Balaban J connectivity index is 1.02. The summed E-state index contributed by atoms with van der Waals surface area (Å²) >= 11 is 0. The van der Waals surface area contributed by atoms with E-state index in [4.69, 9.17) is 0 Å². The molecular weight excluding hydrogens is 817 g/mol. The minimum atomic E-state index is -0.510. The first-order valence-corrected chi connectivity index (χ1v) is 23.8. The lowest BCUT2D eigenvalue weighted by molar-refractivity contribution is 0.750. The molecule has 0 heterocycles. The Morgan fingerprint density at radius 3 is 0.794 bits per heavy atom. The average molecular weight is 861 g/mol. The molecule has 0 saturated heterocycles. The van der Waals surface area contributed by atoms with Gasteiger partial charge in [-0.3, -0.25) is 0 Å². The number of fused-ring (bicyclic) bond motifs is 5. The van der Waals surface area contributed by atoms with E-state index in [0.29, 0.717) is 0 Å². The van der Waals surface area contributed by atoms with Gasteiger partial charge in [-0.25, -0.2) is 0 Å². The van der Waals surface area contributed by atoms with Crippen LogP contribution in [0.25, 0.3) is 76.8 Å². The van der Waals surface area contributed by atoms with Crippen LogP contribution >= 0.6 is 0 Å². The number of hydrogen-bond acceptors (Lipinski definition) is 0. The molecule has 0 unspecified atom stereocenters. The summed E-state index contributed by atoms with van der Waals surface area (Å²) < 4.78 is 0. The van der Waals surface area contributed by atoms with Crippen LogP contribution in [0.5, 0.6) is 0 Å². The zero-order chi connectivity index (χ0) is 44.8. The molecule has 0 aliphatic heterocycles. The first-order valence-electron chi connectivity index (χ1n) is 23.8. The predicted octanol–water partition coefficient (Wildman–Crippen LogP) is 17.2. The molecule has 0 aromatic heterocycles. The number of benzene rings is 12. The van der Waals surface area contributed by atoms with Gasteiger partial charge in [0.1, 0.15) is 0 Å². The van der Waals surface area contributed by atoms with Gasteiger partial charge >= 0.3 is 0 Å². The molecule has 0 nitrogen and oxygen atoms in total. The maximum absolute atomic E-state index is 2.39. The zero-order valence-electron chi connectivity index (χ0n) is 37.4. The van der Waals surface area contributed by atoms with E-state index >= 15 is 0 Å². The highest BCUT2D eigenvalue weighted by molar-refractivity contribution is 6.17. The minimum Gasteiger partial charge on any atom is -0.0622 e. The van der Waals surface area contributed by atoms with Crippen molar-refractivity contribution < 1.29 is 0 Å². The van der Waals surface area contributed by atoms with Crippen molar-refractivity contribution >= 4 is 32.3 Å². The molecule has 0 bridgehead atoms. The first kappa shape index (κ1) is 38.7. The smallest absolute Gasteiger partial charge is 0.0622 e. The Hall–Kier alpha value is -8.58. The topological polar surface area (TPSA) is 0 Å². The van der Waals surface area contributed by atoms with Gasteiger partial charge < -0.3 is 0 Å². The number of rotatable bonds is 6. The third-order valence-electron chi connectivity index (χ3n) is 15.5. The van der Waals surface area contributed by atoms with Gasteiger partial charge in [0.05, 0.1) is 10.8 Å². The van der Waals surface area contributed by atoms with Crippen molar-refractivity contribution in [2.45, 2.75) is 10.8 Å². The first-order chi connectivity index (χ1) is 33.8. The van der Waals surface area contributed by atoms with Crippen LogP contribution in [0.1, 0.15) is 44.5 Å². The molecule has 2 aliphatic rings. The highest BCUT2D eigenvalue weighted by Gasteiger charge is 2.46. The molecule has 316 valence electrons. The Kier molecular flexibility index (Phi) is 8.51. The van der Waals surface area contributed by atoms with Gasteiger partial charge in [0.2, 0.25) is 0 Å². The fraction of sp³-hybridized carbons (Fsp3) is 0.0294. The van der Waals surface area contributed by atoms with Gasteiger partial charge in [0.15, 0.2) is 0 Å². The van der Waals surface area contributed by atoms with Gasteiger partial charge in [-0.1, -0.05) is 267 Å². The quantitative estimate of drug-likeness (QED) is 0.156. The minimum absolute atomic E-state index is 0.510. The van der Waals surface area contributed by atoms with Crippen LogP contribution < -0.4 is 0 Å². The van der Waals surface area contributed by atoms with Crippen LogP contribution in [-0.2, 0) is 10.8 Å². The molecule has 68 heavy (non-hydrogen) atoms. The molecule has 12 aromatic carbocycles. The molecule has 2 aliphatic carbocycles. The fourth-order valence-electron chi connectivity index (χ4n) is 12.8. The molecule has 14 rings (SSSR count).